The highest BCUT2D eigenvalue weighted by atomic mass is 127. The Morgan fingerprint density at radius 1 is 1.50 bits per heavy atom. The van der Waals surface area contributed by atoms with E-state index in [9.17, 15) is 5.11 Å². The lowest BCUT2D eigenvalue weighted by atomic mass is 10.2. The van der Waals surface area contributed by atoms with Crippen LogP contribution in [-0.2, 0) is 0 Å². The van der Waals surface area contributed by atoms with E-state index < -0.39 is 0 Å². The molecule has 2 nitrogen and oxygen atoms in total. The Hall–Kier alpha value is -0.490. The average molecular weight is 320 g/mol. The molecule has 0 saturated carbocycles. The standard InChI is InChI=1S/C10H9IO2S/c1-2-13-10-9(11)7-4-3-6(12)5-8(7)14-10/h3-5,12H,2H2,1H3. The van der Waals surface area contributed by atoms with Crippen LogP contribution in [0.1, 0.15) is 6.92 Å². The van der Waals surface area contributed by atoms with Gasteiger partial charge in [0.05, 0.1) is 10.2 Å². The minimum absolute atomic E-state index is 0.304. The summed E-state index contributed by atoms with van der Waals surface area (Å²) >= 11 is 3.85. The van der Waals surface area contributed by atoms with Gasteiger partial charge < -0.3 is 9.84 Å². The van der Waals surface area contributed by atoms with Gasteiger partial charge in [0.1, 0.15) is 5.75 Å². The summed E-state index contributed by atoms with van der Waals surface area (Å²) < 4.78 is 7.69. The van der Waals surface area contributed by atoms with E-state index >= 15 is 0 Å². The molecule has 1 N–H and O–H groups in total. The normalized spacial score (nSPS) is 10.7. The summed E-state index contributed by atoms with van der Waals surface area (Å²) in [6, 6.07) is 5.39. The number of benzene rings is 1. The van der Waals surface area contributed by atoms with Crippen molar-refractivity contribution in [2.24, 2.45) is 0 Å². The van der Waals surface area contributed by atoms with E-state index in [0.29, 0.717) is 12.4 Å². The van der Waals surface area contributed by atoms with Crippen LogP contribution in [0.3, 0.4) is 0 Å². The van der Waals surface area contributed by atoms with Gasteiger partial charge in [-0.05, 0) is 47.7 Å². The number of halogens is 1. The topological polar surface area (TPSA) is 29.5 Å². The monoisotopic (exact) mass is 320 g/mol. The maximum atomic E-state index is 9.32. The Bertz CT molecular complexity index is 464. The van der Waals surface area contributed by atoms with Gasteiger partial charge in [-0.2, -0.15) is 0 Å². The van der Waals surface area contributed by atoms with Gasteiger partial charge in [-0.25, -0.2) is 0 Å². The number of fused-ring (bicyclic) bond motifs is 1. The zero-order valence-corrected chi connectivity index (χ0v) is 10.6. The molecule has 0 radical (unpaired) electrons. The number of hydrogen-bond donors (Lipinski definition) is 1. The van der Waals surface area contributed by atoms with Crippen molar-refractivity contribution in [3.8, 4) is 10.8 Å². The summed E-state index contributed by atoms with van der Waals surface area (Å²) in [7, 11) is 0. The van der Waals surface area contributed by atoms with Gasteiger partial charge in [0.2, 0.25) is 0 Å². The summed E-state index contributed by atoms with van der Waals surface area (Å²) in [6.45, 7) is 2.65. The van der Waals surface area contributed by atoms with E-state index in [2.05, 4.69) is 22.6 Å². The van der Waals surface area contributed by atoms with Crippen molar-refractivity contribution in [2.45, 2.75) is 6.92 Å². The number of thiophene rings is 1. The van der Waals surface area contributed by atoms with Crippen molar-refractivity contribution in [1.82, 2.24) is 0 Å². The minimum Gasteiger partial charge on any atom is -0.508 e. The molecular formula is C10H9IO2S. The van der Waals surface area contributed by atoms with E-state index in [-0.39, 0.29) is 0 Å². The molecule has 0 aliphatic carbocycles. The first-order chi connectivity index (χ1) is 6.72. The lowest BCUT2D eigenvalue weighted by Crippen LogP contribution is -1.89. The first-order valence-corrected chi connectivity index (χ1v) is 6.15. The average Bonchev–Trinajstić information content (AvgIpc) is 2.44. The van der Waals surface area contributed by atoms with E-state index in [1.165, 1.54) is 0 Å². The first kappa shape index (κ1) is 10.0. The van der Waals surface area contributed by atoms with Crippen molar-refractivity contribution >= 4 is 44.0 Å². The van der Waals surface area contributed by atoms with E-state index in [0.717, 1.165) is 18.7 Å². The van der Waals surface area contributed by atoms with Crippen LogP contribution in [0, 0.1) is 3.57 Å². The van der Waals surface area contributed by atoms with Gasteiger partial charge in [0.15, 0.2) is 5.06 Å². The van der Waals surface area contributed by atoms with Crippen molar-refractivity contribution < 1.29 is 9.84 Å². The third-order valence-electron chi connectivity index (χ3n) is 1.86. The third kappa shape index (κ3) is 1.68. The van der Waals surface area contributed by atoms with Crippen LogP contribution in [-0.4, -0.2) is 11.7 Å². The molecule has 0 aliphatic rings. The second-order valence-electron chi connectivity index (χ2n) is 2.82. The Labute approximate surface area is 99.7 Å². The molecular weight excluding hydrogens is 311 g/mol. The molecule has 0 amide bonds. The fourth-order valence-electron chi connectivity index (χ4n) is 1.26. The van der Waals surface area contributed by atoms with Crippen molar-refractivity contribution in [1.29, 1.82) is 0 Å². The Morgan fingerprint density at radius 2 is 2.29 bits per heavy atom. The fourth-order valence-corrected chi connectivity index (χ4v) is 3.43. The zero-order chi connectivity index (χ0) is 10.1. The summed E-state index contributed by atoms with van der Waals surface area (Å²) in [5.41, 5.74) is 0. The number of rotatable bonds is 2. The lowest BCUT2D eigenvalue weighted by Gasteiger charge is -1.97. The van der Waals surface area contributed by atoms with Crippen LogP contribution < -0.4 is 4.74 Å². The molecule has 14 heavy (non-hydrogen) atoms. The van der Waals surface area contributed by atoms with Crippen LogP contribution in [0.25, 0.3) is 10.1 Å². The number of ether oxygens (including phenoxy) is 1. The predicted molar refractivity (Wildman–Crippen MR) is 67.4 cm³/mol. The van der Waals surface area contributed by atoms with E-state index in [1.54, 1.807) is 23.5 Å². The van der Waals surface area contributed by atoms with Crippen LogP contribution in [0.5, 0.6) is 10.8 Å². The number of phenolic OH excluding ortho intramolecular Hbond substituents is 1. The van der Waals surface area contributed by atoms with E-state index in [1.807, 2.05) is 13.0 Å². The number of phenols is 1. The minimum atomic E-state index is 0.304. The summed E-state index contributed by atoms with van der Waals surface area (Å²) in [5, 5.41) is 11.4. The Balaban J connectivity index is 2.61. The van der Waals surface area contributed by atoms with Crippen molar-refractivity contribution in [2.75, 3.05) is 6.61 Å². The van der Waals surface area contributed by atoms with Crippen LogP contribution in [0.15, 0.2) is 18.2 Å². The molecule has 2 rings (SSSR count). The van der Waals surface area contributed by atoms with Crippen LogP contribution >= 0.6 is 33.9 Å². The molecule has 2 aromatic rings. The van der Waals surface area contributed by atoms with Gasteiger partial charge in [-0.3, -0.25) is 0 Å². The highest BCUT2D eigenvalue weighted by Gasteiger charge is 2.10. The molecule has 4 heteroatoms. The molecule has 0 aliphatic heterocycles. The summed E-state index contributed by atoms with van der Waals surface area (Å²) in [6.07, 6.45) is 0. The molecule has 0 fully saturated rings. The maximum Gasteiger partial charge on any atom is 0.188 e. The van der Waals surface area contributed by atoms with Gasteiger partial charge >= 0.3 is 0 Å². The summed E-state index contributed by atoms with van der Waals surface area (Å²) in [5.74, 6) is 0.304. The van der Waals surface area contributed by atoms with Gasteiger partial charge in [0, 0.05) is 10.1 Å². The summed E-state index contributed by atoms with van der Waals surface area (Å²) in [4.78, 5) is 0. The molecule has 1 heterocycles. The molecule has 0 saturated heterocycles. The maximum absolute atomic E-state index is 9.32. The Kier molecular flexibility index (Phi) is 2.83. The fraction of sp³-hybridized carbons (Fsp3) is 0.200. The molecule has 1 aromatic heterocycles. The second kappa shape index (κ2) is 3.94. The molecule has 74 valence electrons. The highest BCUT2D eigenvalue weighted by molar-refractivity contribution is 14.1. The predicted octanol–water partition coefficient (Wildman–Crippen LogP) is 3.61. The quantitative estimate of drug-likeness (QED) is 0.857. The van der Waals surface area contributed by atoms with Crippen LogP contribution in [0.2, 0.25) is 0 Å². The van der Waals surface area contributed by atoms with Crippen molar-refractivity contribution in [3.63, 3.8) is 0 Å². The van der Waals surface area contributed by atoms with Gasteiger partial charge in [-0.1, -0.05) is 11.3 Å². The van der Waals surface area contributed by atoms with Gasteiger partial charge in [-0.15, -0.1) is 0 Å². The van der Waals surface area contributed by atoms with Crippen molar-refractivity contribution in [3.05, 3.63) is 21.8 Å². The second-order valence-corrected chi connectivity index (χ2v) is 4.91. The lowest BCUT2D eigenvalue weighted by molar-refractivity contribution is 0.348. The molecule has 0 bridgehead atoms. The Morgan fingerprint density at radius 3 is 3.00 bits per heavy atom. The molecule has 0 unspecified atom stereocenters. The third-order valence-corrected chi connectivity index (χ3v) is 4.36. The SMILES string of the molecule is CCOc1sc2cc(O)ccc2c1I. The number of aromatic hydroxyl groups is 1. The largest absolute Gasteiger partial charge is 0.508 e. The van der Waals surface area contributed by atoms with Crippen LogP contribution in [0.4, 0.5) is 0 Å². The molecule has 0 atom stereocenters. The first-order valence-electron chi connectivity index (χ1n) is 4.26. The highest BCUT2D eigenvalue weighted by Crippen LogP contribution is 2.39. The zero-order valence-electron chi connectivity index (χ0n) is 7.58. The van der Waals surface area contributed by atoms with Gasteiger partial charge in [0.25, 0.3) is 0 Å². The van der Waals surface area contributed by atoms with E-state index in [4.69, 9.17) is 4.74 Å². The smallest absolute Gasteiger partial charge is 0.188 e. The molecule has 0 spiro atoms. The number of hydrogen-bond acceptors (Lipinski definition) is 3. The molecule has 1 aromatic carbocycles.